The topological polar surface area (TPSA) is 54.5 Å². The van der Waals surface area contributed by atoms with Gasteiger partial charge in [0.05, 0.1) is 6.61 Å². The van der Waals surface area contributed by atoms with Gasteiger partial charge in [-0.05, 0) is 37.3 Å². The van der Waals surface area contributed by atoms with Gasteiger partial charge in [-0.1, -0.05) is 6.92 Å². The van der Waals surface area contributed by atoms with Crippen molar-refractivity contribution in [1.82, 2.24) is 9.88 Å². The Hall–Kier alpha value is -1.62. The lowest BCUT2D eigenvalue weighted by atomic mass is 10.3. The summed E-state index contributed by atoms with van der Waals surface area (Å²) in [5, 5.41) is 3.26. The standard InChI is InChI=1S/C16H25N3O2/c1-3-7-17-14-6-8-18-15(11-14)16(20)19(2)9-10-21-12-13-4-5-13/h6,8,11,13H,3-5,7,9-10,12H2,1-2H3,(H,17,18). The largest absolute Gasteiger partial charge is 0.385 e. The van der Waals surface area contributed by atoms with E-state index >= 15 is 0 Å². The van der Waals surface area contributed by atoms with Gasteiger partial charge in [0, 0.05) is 38.6 Å². The molecule has 0 radical (unpaired) electrons. The molecule has 0 bridgehead atoms. The minimum atomic E-state index is -0.0647. The number of amides is 1. The molecule has 21 heavy (non-hydrogen) atoms. The van der Waals surface area contributed by atoms with Crippen LogP contribution in [-0.4, -0.2) is 49.1 Å². The highest BCUT2D eigenvalue weighted by atomic mass is 16.5. The van der Waals surface area contributed by atoms with E-state index in [0.29, 0.717) is 18.8 Å². The average Bonchev–Trinajstić information content (AvgIpc) is 3.33. The Labute approximate surface area is 126 Å². The predicted molar refractivity (Wildman–Crippen MR) is 83.5 cm³/mol. The molecule has 1 aromatic heterocycles. The van der Waals surface area contributed by atoms with Gasteiger partial charge in [0.15, 0.2) is 0 Å². The summed E-state index contributed by atoms with van der Waals surface area (Å²) in [7, 11) is 1.79. The van der Waals surface area contributed by atoms with Gasteiger partial charge < -0.3 is 15.0 Å². The van der Waals surface area contributed by atoms with Crippen LogP contribution in [0, 0.1) is 5.92 Å². The smallest absolute Gasteiger partial charge is 0.272 e. The lowest BCUT2D eigenvalue weighted by Crippen LogP contribution is -2.31. The molecule has 0 aliphatic heterocycles. The van der Waals surface area contributed by atoms with Crippen LogP contribution in [0.4, 0.5) is 5.69 Å². The van der Waals surface area contributed by atoms with Gasteiger partial charge in [0.2, 0.25) is 0 Å². The van der Waals surface area contributed by atoms with Crippen molar-refractivity contribution in [2.45, 2.75) is 26.2 Å². The first-order valence-corrected chi connectivity index (χ1v) is 7.74. The molecule has 1 saturated carbocycles. The zero-order valence-electron chi connectivity index (χ0n) is 13.0. The van der Waals surface area contributed by atoms with E-state index < -0.39 is 0 Å². The summed E-state index contributed by atoms with van der Waals surface area (Å²) in [4.78, 5) is 18.1. The number of aromatic nitrogens is 1. The molecule has 0 aromatic carbocycles. The first-order chi connectivity index (χ1) is 10.2. The lowest BCUT2D eigenvalue weighted by Gasteiger charge is -2.17. The van der Waals surface area contributed by atoms with Gasteiger partial charge in [-0.15, -0.1) is 0 Å². The van der Waals surface area contributed by atoms with Gasteiger partial charge >= 0.3 is 0 Å². The fraction of sp³-hybridized carbons (Fsp3) is 0.625. The zero-order chi connectivity index (χ0) is 15.1. The molecular weight excluding hydrogens is 266 g/mol. The van der Waals surface area contributed by atoms with Crippen molar-refractivity contribution in [3.63, 3.8) is 0 Å². The number of hydrogen-bond donors (Lipinski definition) is 1. The first kappa shape index (κ1) is 15.8. The summed E-state index contributed by atoms with van der Waals surface area (Å²) in [6, 6.07) is 3.69. The van der Waals surface area contributed by atoms with E-state index in [4.69, 9.17) is 4.74 Å². The fourth-order valence-corrected chi connectivity index (χ4v) is 1.96. The van der Waals surface area contributed by atoms with Crippen molar-refractivity contribution < 1.29 is 9.53 Å². The van der Waals surface area contributed by atoms with Gasteiger partial charge in [0.1, 0.15) is 5.69 Å². The van der Waals surface area contributed by atoms with E-state index in [-0.39, 0.29) is 5.91 Å². The van der Waals surface area contributed by atoms with Crippen LogP contribution in [0.1, 0.15) is 36.7 Å². The summed E-state index contributed by atoms with van der Waals surface area (Å²) in [5.74, 6) is 0.694. The third kappa shape index (κ3) is 5.34. The number of hydrogen-bond acceptors (Lipinski definition) is 4. The van der Waals surface area contributed by atoms with E-state index in [2.05, 4.69) is 17.2 Å². The molecular formula is C16H25N3O2. The number of anilines is 1. The first-order valence-electron chi connectivity index (χ1n) is 7.74. The van der Waals surface area contributed by atoms with Crippen LogP contribution in [0.15, 0.2) is 18.3 Å². The van der Waals surface area contributed by atoms with E-state index in [1.807, 2.05) is 6.07 Å². The number of rotatable bonds is 9. The molecule has 1 fully saturated rings. The summed E-state index contributed by atoms with van der Waals surface area (Å²) in [6.07, 6.45) is 5.29. The van der Waals surface area contributed by atoms with Crippen LogP contribution in [0.2, 0.25) is 0 Å². The fourth-order valence-electron chi connectivity index (χ4n) is 1.96. The Morgan fingerprint density at radius 3 is 3.05 bits per heavy atom. The minimum absolute atomic E-state index is 0.0647. The van der Waals surface area contributed by atoms with Crippen LogP contribution in [-0.2, 0) is 4.74 Å². The molecule has 1 aromatic rings. The Kier molecular flexibility index (Phi) is 5.99. The molecule has 1 N–H and O–H groups in total. The lowest BCUT2D eigenvalue weighted by molar-refractivity contribution is 0.0676. The SMILES string of the molecule is CCCNc1ccnc(C(=O)N(C)CCOCC2CC2)c1. The van der Waals surface area contributed by atoms with Crippen LogP contribution in [0.5, 0.6) is 0 Å². The highest BCUT2D eigenvalue weighted by molar-refractivity contribution is 5.92. The van der Waals surface area contributed by atoms with Crippen molar-refractivity contribution in [3.05, 3.63) is 24.0 Å². The normalized spacial score (nSPS) is 14.0. The quantitative estimate of drug-likeness (QED) is 0.710. The third-order valence-corrected chi connectivity index (χ3v) is 3.53. The van der Waals surface area contributed by atoms with Crippen molar-refractivity contribution in [2.24, 2.45) is 5.92 Å². The van der Waals surface area contributed by atoms with E-state index in [1.165, 1.54) is 12.8 Å². The molecule has 0 spiro atoms. The number of likely N-dealkylation sites (N-methyl/N-ethyl adjacent to an activating group) is 1. The maximum absolute atomic E-state index is 12.3. The average molecular weight is 291 g/mol. The molecule has 2 rings (SSSR count). The molecule has 1 amide bonds. The Morgan fingerprint density at radius 1 is 1.52 bits per heavy atom. The van der Waals surface area contributed by atoms with Crippen molar-refractivity contribution in [1.29, 1.82) is 0 Å². The van der Waals surface area contributed by atoms with Crippen LogP contribution in [0.25, 0.3) is 0 Å². The minimum Gasteiger partial charge on any atom is -0.385 e. The van der Waals surface area contributed by atoms with E-state index in [0.717, 1.165) is 31.2 Å². The van der Waals surface area contributed by atoms with Crippen LogP contribution < -0.4 is 5.32 Å². The third-order valence-electron chi connectivity index (χ3n) is 3.53. The van der Waals surface area contributed by atoms with Crippen LogP contribution in [0.3, 0.4) is 0 Å². The number of nitrogens with one attached hydrogen (secondary N) is 1. The summed E-state index contributed by atoms with van der Waals surface area (Å²) < 4.78 is 5.56. The van der Waals surface area contributed by atoms with Gasteiger partial charge in [-0.2, -0.15) is 0 Å². The number of carbonyl (C=O) groups excluding carboxylic acids is 1. The van der Waals surface area contributed by atoms with Gasteiger partial charge in [-0.3, -0.25) is 9.78 Å². The Bertz CT molecular complexity index is 461. The number of nitrogens with zero attached hydrogens (tertiary/aromatic N) is 2. The molecule has 0 saturated heterocycles. The molecule has 1 heterocycles. The molecule has 0 unspecified atom stereocenters. The second kappa shape index (κ2) is 7.98. The summed E-state index contributed by atoms with van der Waals surface area (Å²) in [5.41, 5.74) is 1.41. The van der Waals surface area contributed by atoms with E-state index in [9.17, 15) is 4.79 Å². The maximum Gasteiger partial charge on any atom is 0.272 e. The summed E-state index contributed by atoms with van der Waals surface area (Å²) in [6.45, 7) is 5.02. The highest BCUT2D eigenvalue weighted by Crippen LogP contribution is 2.28. The summed E-state index contributed by atoms with van der Waals surface area (Å²) >= 11 is 0. The number of carbonyl (C=O) groups is 1. The van der Waals surface area contributed by atoms with E-state index in [1.54, 1.807) is 24.2 Å². The predicted octanol–water partition coefficient (Wildman–Crippen LogP) is 2.40. The molecule has 5 heteroatoms. The van der Waals surface area contributed by atoms with Gasteiger partial charge in [0.25, 0.3) is 5.91 Å². The maximum atomic E-state index is 12.3. The molecule has 1 aliphatic rings. The van der Waals surface area contributed by atoms with Gasteiger partial charge in [-0.25, -0.2) is 0 Å². The second-order valence-corrected chi connectivity index (χ2v) is 5.60. The zero-order valence-corrected chi connectivity index (χ0v) is 13.0. The molecule has 1 aliphatic carbocycles. The Morgan fingerprint density at radius 2 is 2.33 bits per heavy atom. The van der Waals surface area contributed by atoms with Crippen molar-refractivity contribution in [2.75, 3.05) is 38.7 Å². The monoisotopic (exact) mass is 291 g/mol. The Balaban J connectivity index is 1.79. The number of pyridine rings is 1. The number of ether oxygens (including phenoxy) is 1. The second-order valence-electron chi connectivity index (χ2n) is 5.60. The molecule has 5 nitrogen and oxygen atoms in total. The highest BCUT2D eigenvalue weighted by Gasteiger charge is 2.21. The van der Waals surface area contributed by atoms with Crippen molar-refractivity contribution in [3.8, 4) is 0 Å². The van der Waals surface area contributed by atoms with Crippen molar-refractivity contribution >= 4 is 11.6 Å². The molecule has 0 atom stereocenters. The van der Waals surface area contributed by atoms with Crippen LogP contribution >= 0.6 is 0 Å². The molecule has 116 valence electrons.